The number of nitrogens with one attached hydrogen (secondary N) is 1. The van der Waals surface area contributed by atoms with E-state index in [1.165, 1.54) is 4.57 Å². The number of hydrogen-bond acceptors (Lipinski definition) is 4. The summed E-state index contributed by atoms with van der Waals surface area (Å²) >= 11 is 1.01. The number of anilines is 1. The van der Waals surface area contributed by atoms with Crippen LogP contribution in [-0.4, -0.2) is 20.7 Å². The van der Waals surface area contributed by atoms with Crippen LogP contribution in [0.3, 0.4) is 0 Å². The molecule has 1 unspecified atom stereocenters. The summed E-state index contributed by atoms with van der Waals surface area (Å²) in [6.45, 7) is 3.76. The Morgan fingerprint density at radius 1 is 1.03 bits per heavy atom. The van der Waals surface area contributed by atoms with Crippen molar-refractivity contribution >= 4 is 34.3 Å². The van der Waals surface area contributed by atoms with Gasteiger partial charge in [0, 0.05) is 0 Å². The molecule has 1 amide bonds. The summed E-state index contributed by atoms with van der Waals surface area (Å²) in [5, 5.41) is 2.19. The van der Waals surface area contributed by atoms with Gasteiger partial charge >= 0.3 is 0 Å². The first-order chi connectivity index (χ1) is 16.2. The highest BCUT2D eigenvalue weighted by Gasteiger charge is 2.22. The van der Waals surface area contributed by atoms with Gasteiger partial charge in [0.1, 0.15) is 0 Å². The van der Waals surface area contributed by atoms with Crippen LogP contribution < -0.4 is 10.9 Å². The van der Waals surface area contributed by atoms with Gasteiger partial charge < -0.3 is 5.32 Å². The number of thioether (sulfide) groups is 1. The minimum absolute atomic E-state index is 0.241. The predicted molar refractivity (Wildman–Crippen MR) is 127 cm³/mol. The standard InChI is InChI=1S/C25H20F3N3O2S/c1-14-7-9-16(10-8-14)13-31-24(33)17-5-3-4-6-19(17)30-25(31)34-15(2)23(32)29-20-12-11-18(26)21(27)22(20)28/h3-12,15H,13H2,1-2H3,(H,29,32). The van der Waals surface area contributed by atoms with Crippen LogP contribution in [0.25, 0.3) is 10.9 Å². The number of benzene rings is 3. The van der Waals surface area contributed by atoms with Gasteiger partial charge in [-0.25, -0.2) is 18.2 Å². The van der Waals surface area contributed by atoms with Crippen molar-refractivity contribution in [1.29, 1.82) is 0 Å². The molecule has 34 heavy (non-hydrogen) atoms. The Labute approximate surface area is 197 Å². The topological polar surface area (TPSA) is 64.0 Å². The van der Waals surface area contributed by atoms with Gasteiger partial charge in [-0.15, -0.1) is 0 Å². The Bertz CT molecular complexity index is 1440. The molecule has 174 valence electrons. The van der Waals surface area contributed by atoms with E-state index in [1.807, 2.05) is 31.2 Å². The molecule has 9 heteroatoms. The molecule has 4 aromatic rings. The van der Waals surface area contributed by atoms with Crippen LogP contribution in [0.2, 0.25) is 0 Å². The van der Waals surface area contributed by atoms with E-state index in [0.29, 0.717) is 16.1 Å². The molecule has 0 bridgehead atoms. The molecule has 1 aromatic heterocycles. The molecule has 5 nitrogen and oxygen atoms in total. The summed E-state index contributed by atoms with van der Waals surface area (Å²) in [6, 6.07) is 16.3. The van der Waals surface area contributed by atoms with E-state index in [1.54, 1.807) is 31.2 Å². The zero-order valence-electron chi connectivity index (χ0n) is 18.3. The number of aromatic nitrogens is 2. The molecule has 0 saturated heterocycles. The number of carbonyl (C=O) groups is 1. The molecule has 0 spiro atoms. The van der Waals surface area contributed by atoms with Gasteiger partial charge in [0.2, 0.25) is 5.91 Å². The number of fused-ring (bicyclic) bond motifs is 1. The molecule has 3 aromatic carbocycles. The van der Waals surface area contributed by atoms with E-state index in [2.05, 4.69) is 10.3 Å². The highest BCUT2D eigenvalue weighted by Crippen LogP contribution is 2.26. The van der Waals surface area contributed by atoms with E-state index < -0.39 is 34.3 Å². The number of carbonyl (C=O) groups excluding carboxylic acids is 1. The van der Waals surface area contributed by atoms with Crippen molar-refractivity contribution in [2.75, 3.05) is 5.32 Å². The van der Waals surface area contributed by atoms with Crippen molar-refractivity contribution in [1.82, 2.24) is 9.55 Å². The molecule has 1 atom stereocenters. The van der Waals surface area contributed by atoms with E-state index in [4.69, 9.17) is 0 Å². The van der Waals surface area contributed by atoms with Gasteiger partial charge in [0.25, 0.3) is 5.56 Å². The Morgan fingerprint density at radius 2 is 1.74 bits per heavy atom. The van der Waals surface area contributed by atoms with Crippen molar-refractivity contribution in [3.63, 3.8) is 0 Å². The van der Waals surface area contributed by atoms with Crippen molar-refractivity contribution in [3.05, 3.63) is 99.6 Å². The van der Waals surface area contributed by atoms with E-state index in [-0.39, 0.29) is 12.1 Å². The number of halogens is 3. The number of amides is 1. The first kappa shape index (κ1) is 23.6. The summed E-state index contributed by atoms with van der Waals surface area (Å²) in [5.74, 6) is -5.15. The second-order valence-electron chi connectivity index (χ2n) is 7.76. The SMILES string of the molecule is Cc1ccc(Cn2c(SC(C)C(=O)Nc3ccc(F)c(F)c3F)nc3ccccc3c2=O)cc1. The second kappa shape index (κ2) is 9.72. The highest BCUT2D eigenvalue weighted by molar-refractivity contribution is 8.00. The maximum absolute atomic E-state index is 14.0. The van der Waals surface area contributed by atoms with Crippen LogP contribution >= 0.6 is 11.8 Å². The smallest absolute Gasteiger partial charge is 0.262 e. The third-order valence-corrected chi connectivity index (χ3v) is 6.32. The molecule has 0 aliphatic heterocycles. The first-order valence-electron chi connectivity index (χ1n) is 10.4. The molecule has 4 rings (SSSR count). The zero-order chi connectivity index (χ0) is 24.4. The van der Waals surface area contributed by atoms with Gasteiger partial charge in [0.15, 0.2) is 22.6 Å². The predicted octanol–water partition coefficient (Wildman–Crippen LogP) is 5.29. The average Bonchev–Trinajstić information content (AvgIpc) is 2.83. The largest absolute Gasteiger partial charge is 0.323 e. The number of nitrogens with zero attached hydrogens (tertiary/aromatic N) is 2. The fourth-order valence-corrected chi connectivity index (χ4v) is 4.23. The number of para-hydroxylation sites is 1. The minimum Gasteiger partial charge on any atom is -0.323 e. The molecule has 0 aliphatic rings. The molecule has 0 fully saturated rings. The van der Waals surface area contributed by atoms with E-state index >= 15 is 0 Å². The lowest BCUT2D eigenvalue weighted by Crippen LogP contribution is -2.27. The molecule has 0 aliphatic carbocycles. The highest BCUT2D eigenvalue weighted by atomic mass is 32.2. The third-order valence-electron chi connectivity index (χ3n) is 5.23. The molecule has 1 heterocycles. The van der Waals surface area contributed by atoms with Gasteiger partial charge in [-0.3, -0.25) is 14.2 Å². The summed E-state index contributed by atoms with van der Waals surface area (Å²) in [7, 11) is 0. The van der Waals surface area contributed by atoms with Gasteiger partial charge in [0.05, 0.1) is 28.4 Å². The quantitative estimate of drug-likeness (QED) is 0.230. The van der Waals surface area contributed by atoms with E-state index in [0.717, 1.165) is 35.0 Å². The van der Waals surface area contributed by atoms with Crippen molar-refractivity contribution < 1.29 is 18.0 Å². The van der Waals surface area contributed by atoms with Gasteiger partial charge in [-0.1, -0.05) is 53.7 Å². The maximum Gasteiger partial charge on any atom is 0.262 e. The Kier molecular flexibility index (Phi) is 6.74. The molecule has 0 radical (unpaired) electrons. The summed E-state index contributed by atoms with van der Waals surface area (Å²) in [5.41, 5.74) is 1.71. The third kappa shape index (κ3) is 4.84. The fraction of sp³-hybridized carbons (Fsp3) is 0.160. The lowest BCUT2D eigenvalue weighted by molar-refractivity contribution is -0.115. The van der Waals surface area contributed by atoms with Gasteiger partial charge in [-0.2, -0.15) is 0 Å². The summed E-state index contributed by atoms with van der Waals surface area (Å²) in [6.07, 6.45) is 0. The first-order valence-corrected chi connectivity index (χ1v) is 11.3. The molecule has 0 saturated carbocycles. The lowest BCUT2D eigenvalue weighted by Gasteiger charge is -2.17. The maximum atomic E-state index is 14.0. The Hall–Kier alpha value is -3.59. The zero-order valence-corrected chi connectivity index (χ0v) is 19.1. The van der Waals surface area contributed by atoms with Crippen LogP contribution in [0, 0.1) is 24.4 Å². The monoisotopic (exact) mass is 483 g/mol. The Morgan fingerprint density at radius 3 is 2.47 bits per heavy atom. The second-order valence-corrected chi connectivity index (χ2v) is 9.07. The summed E-state index contributed by atoms with van der Waals surface area (Å²) in [4.78, 5) is 30.5. The average molecular weight is 484 g/mol. The van der Waals surface area contributed by atoms with Crippen molar-refractivity contribution in [2.24, 2.45) is 0 Å². The van der Waals surface area contributed by atoms with E-state index in [9.17, 15) is 22.8 Å². The van der Waals surface area contributed by atoms with Crippen molar-refractivity contribution in [3.8, 4) is 0 Å². The lowest BCUT2D eigenvalue weighted by atomic mass is 10.1. The number of hydrogen-bond donors (Lipinski definition) is 1. The number of aryl methyl sites for hydroxylation is 1. The van der Waals surface area contributed by atoms with Crippen LogP contribution in [0.1, 0.15) is 18.1 Å². The minimum atomic E-state index is -1.67. The van der Waals surface area contributed by atoms with Crippen LogP contribution in [-0.2, 0) is 11.3 Å². The van der Waals surface area contributed by atoms with Crippen LogP contribution in [0.5, 0.6) is 0 Å². The molecular formula is C25H20F3N3O2S. The molecular weight excluding hydrogens is 463 g/mol. The van der Waals surface area contributed by atoms with Crippen LogP contribution in [0.4, 0.5) is 18.9 Å². The molecule has 1 N–H and O–H groups in total. The fourth-order valence-electron chi connectivity index (χ4n) is 3.32. The van der Waals surface area contributed by atoms with Crippen molar-refractivity contribution in [2.45, 2.75) is 30.8 Å². The van der Waals surface area contributed by atoms with Crippen LogP contribution in [0.15, 0.2) is 70.6 Å². The van der Waals surface area contributed by atoms with Gasteiger partial charge in [-0.05, 0) is 43.7 Å². The normalized spacial score (nSPS) is 12.0. The summed E-state index contributed by atoms with van der Waals surface area (Å²) < 4.78 is 42.2. The Balaban J connectivity index is 1.66. The number of rotatable bonds is 6.